The predicted molar refractivity (Wildman–Crippen MR) is 112 cm³/mol. The summed E-state index contributed by atoms with van der Waals surface area (Å²) < 4.78 is 44.4. The molecular formula is C23H25F3N2O4. The summed E-state index contributed by atoms with van der Waals surface area (Å²) in [6, 6.07) is 13.8. The first-order valence-electron chi connectivity index (χ1n) is 10.0. The van der Waals surface area contributed by atoms with E-state index >= 15 is 0 Å². The number of carbonyl (C=O) groups is 3. The minimum Gasteiger partial charge on any atom is -0.445 e. The Bertz CT molecular complexity index is 902. The summed E-state index contributed by atoms with van der Waals surface area (Å²) >= 11 is 0. The van der Waals surface area contributed by atoms with Crippen LogP contribution in [0.4, 0.5) is 18.0 Å². The molecule has 1 unspecified atom stereocenters. The van der Waals surface area contributed by atoms with Crippen LogP contribution in [0.25, 0.3) is 0 Å². The van der Waals surface area contributed by atoms with E-state index in [4.69, 9.17) is 4.74 Å². The number of hydrogen-bond acceptors (Lipinski definition) is 4. The van der Waals surface area contributed by atoms with Gasteiger partial charge in [-0.25, -0.2) is 4.79 Å². The van der Waals surface area contributed by atoms with Crippen LogP contribution in [0.3, 0.4) is 0 Å². The summed E-state index contributed by atoms with van der Waals surface area (Å²) in [5.41, 5.74) is 1.18. The molecule has 9 heteroatoms. The highest BCUT2D eigenvalue weighted by molar-refractivity contribution is 5.95. The van der Waals surface area contributed by atoms with Gasteiger partial charge < -0.3 is 15.4 Å². The maximum atomic E-state index is 13.1. The van der Waals surface area contributed by atoms with Gasteiger partial charge in [0.1, 0.15) is 18.7 Å². The highest BCUT2D eigenvalue weighted by atomic mass is 19.4. The van der Waals surface area contributed by atoms with Crippen molar-refractivity contribution in [2.24, 2.45) is 5.92 Å². The number of nitrogens with one attached hydrogen (secondary N) is 2. The summed E-state index contributed by atoms with van der Waals surface area (Å²) in [5.74, 6) is -3.45. The van der Waals surface area contributed by atoms with Crippen LogP contribution in [0.15, 0.2) is 60.7 Å². The Morgan fingerprint density at radius 2 is 1.41 bits per heavy atom. The highest BCUT2D eigenvalue weighted by Gasteiger charge is 2.44. The highest BCUT2D eigenvalue weighted by Crippen LogP contribution is 2.20. The molecule has 2 amide bonds. The van der Waals surface area contributed by atoms with Crippen LogP contribution in [-0.2, 0) is 27.4 Å². The number of hydrogen-bond donors (Lipinski definition) is 2. The predicted octanol–water partition coefficient (Wildman–Crippen LogP) is 3.80. The van der Waals surface area contributed by atoms with Crippen LogP contribution in [0, 0.1) is 5.92 Å². The van der Waals surface area contributed by atoms with E-state index in [0.717, 1.165) is 5.56 Å². The van der Waals surface area contributed by atoms with Crippen LogP contribution in [0.1, 0.15) is 25.0 Å². The normalized spacial score (nSPS) is 13.2. The molecule has 0 bridgehead atoms. The van der Waals surface area contributed by atoms with Crippen LogP contribution in [0.2, 0.25) is 0 Å². The Morgan fingerprint density at radius 3 is 1.91 bits per heavy atom. The Labute approximate surface area is 184 Å². The number of halogens is 3. The first-order valence-corrected chi connectivity index (χ1v) is 10.0. The molecule has 0 heterocycles. The fourth-order valence-electron chi connectivity index (χ4n) is 2.94. The van der Waals surface area contributed by atoms with Crippen molar-refractivity contribution < 1.29 is 32.3 Å². The van der Waals surface area contributed by atoms with Gasteiger partial charge in [0.15, 0.2) is 0 Å². The first-order chi connectivity index (χ1) is 15.1. The fraction of sp³-hybridized carbons (Fsp3) is 0.348. The molecule has 0 radical (unpaired) electrons. The zero-order valence-electron chi connectivity index (χ0n) is 17.7. The molecule has 172 valence electrons. The van der Waals surface area contributed by atoms with Crippen LogP contribution < -0.4 is 10.6 Å². The topological polar surface area (TPSA) is 84.5 Å². The van der Waals surface area contributed by atoms with Crippen molar-refractivity contribution in [2.75, 3.05) is 0 Å². The zero-order chi connectivity index (χ0) is 23.7. The zero-order valence-corrected chi connectivity index (χ0v) is 17.7. The lowest BCUT2D eigenvalue weighted by Gasteiger charge is -2.25. The standard InChI is InChI=1S/C23H25F3N2O4/c1-15(2)19(28-22(31)32-14-17-11-7-4-8-12-17)21(30)27-18(20(29)23(24,25)26)13-16-9-5-3-6-10-16/h3-12,15,18-19H,13-14H2,1-2H3,(H,27,30)(H,28,31)/t18?,19-/m0/s1. The average Bonchev–Trinajstić information content (AvgIpc) is 2.75. The number of rotatable bonds is 9. The molecule has 0 fully saturated rings. The van der Waals surface area contributed by atoms with Crippen LogP contribution in [-0.4, -0.2) is 36.0 Å². The maximum absolute atomic E-state index is 13.1. The minimum absolute atomic E-state index is 0.0394. The second-order valence-electron chi connectivity index (χ2n) is 7.54. The minimum atomic E-state index is -5.12. The second kappa shape index (κ2) is 11.3. The van der Waals surface area contributed by atoms with Gasteiger partial charge in [-0.1, -0.05) is 74.5 Å². The Kier molecular flexibility index (Phi) is 8.80. The summed E-state index contributed by atoms with van der Waals surface area (Å²) in [6.07, 6.45) is -6.36. The monoisotopic (exact) mass is 450 g/mol. The molecule has 0 aliphatic carbocycles. The van der Waals surface area contributed by atoms with Gasteiger partial charge in [0.25, 0.3) is 5.78 Å². The van der Waals surface area contributed by atoms with Crippen molar-refractivity contribution >= 4 is 17.8 Å². The summed E-state index contributed by atoms with van der Waals surface area (Å²) in [4.78, 5) is 36.8. The summed E-state index contributed by atoms with van der Waals surface area (Å²) in [7, 11) is 0. The first kappa shape index (κ1) is 24.9. The number of Topliss-reactive ketones (excluding diaryl/α,β-unsaturated/α-hetero) is 1. The van der Waals surface area contributed by atoms with E-state index in [2.05, 4.69) is 10.6 Å². The number of amides is 2. The number of alkyl carbamates (subject to hydrolysis) is 1. The SMILES string of the molecule is CC(C)[C@H](NC(=O)OCc1ccccc1)C(=O)NC(Cc1ccccc1)C(=O)C(F)(F)F. The molecular weight excluding hydrogens is 425 g/mol. The Hall–Kier alpha value is -3.36. The quantitative estimate of drug-likeness (QED) is 0.609. The third kappa shape index (κ3) is 7.72. The smallest absolute Gasteiger partial charge is 0.445 e. The van der Waals surface area contributed by atoms with Crippen molar-refractivity contribution in [1.29, 1.82) is 0 Å². The van der Waals surface area contributed by atoms with Gasteiger partial charge in [0.2, 0.25) is 5.91 Å². The van der Waals surface area contributed by atoms with Crippen molar-refractivity contribution in [3.05, 3.63) is 71.8 Å². The van der Waals surface area contributed by atoms with Crippen molar-refractivity contribution in [3.8, 4) is 0 Å². The van der Waals surface area contributed by atoms with E-state index in [1.165, 1.54) is 0 Å². The Balaban J connectivity index is 2.07. The van der Waals surface area contributed by atoms with Crippen LogP contribution in [0.5, 0.6) is 0 Å². The maximum Gasteiger partial charge on any atom is 0.452 e. The molecule has 0 aromatic heterocycles. The van der Waals surface area contributed by atoms with E-state index in [0.29, 0.717) is 5.56 Å². The van der Waals surface area contributed by atoms with E-state index < -0.39 is 42.0 Å². The number of ether oxygens (including phenoxy) is 1. The van der Waals surface area contributed by atoms with Gasteiger partial charge in [-0.05, 0) is 17.0 Å². The third-order valence-electron chi connectivity index (χ3n) is 4.63. The molecule has 2 aromatic rings. The molecule has 0 spiro atoms. The fourth-order valence-corrected chi connectivity index (χ4v) is 2.94. The van der Waals surface area contributed by atoms with Gasteiger partial charge in [-0.2, -0.15) is 13.2 Å². The van der Waals surface area contributed by atoms with Crippen molar-refractivity contribution in [3.63, 3.8) is 0 Å². The van der Waals surface area contributed by atoms with E-state index in [1.807, 2.05) is 0 Å². The Morgan fingerprint density at radius 1 is 0.875 bits per heavy atom. The third-order valence-corrected chi connectivity index (χ3v) is 4.63. The number of ketones is 1. The molecule has 2 atom stereocenters. The van der Waals surface area contributed by atoms with Gasteiger partial charge in [-0.3, -0.25) is 9.59 Å². The average molecular weight is 450 g/mol. The van der Waals surface area contributed by atoms with E-state index in [1.54, 1.807) is 74.5 Å². The lowest BCUT2D eigenvalue weighted by Crippen LogP contribution is -2.56. The molecule has 6 nitrogen and oxygen atoms in total. The second-order valence-corrected chi connectivity index (χ2v) is 7.54. The van der Waals surface area contributed by atoms with Crippen LogP contribution >= 0.6 is 0 Å². The number of benzene rings is 2. The van der Waals surface area contributed by atoms with Gasteiger partial charge in [0.05, 0.1) is 0 Å². The molecule has 2 rings (SSSR count). The molecule has 0 aliphatic rings. The van der Waals surface area contributed by atoms with Crippen molar-refractivity contribution in [2.45, 2.75) is 45.1 Å². The lowest BCUT2D eigenvalue weighted by molar-refractivity contribution is -0.173. The molecule has 0 aliphatic heterocycles. The number of carbonyl (C=O) groups excluding carboxylic acids is 3. The molecule has 2 N–H and O–H groups in total. The molecule has 0 saturated heterocycles. The van der Waals surface area contributed by atoms with Gasteiger partial charge in [0, 0.05) is 6.42 Å². The summed E-state index contributed by atoms with van der Waals surface area (Å²) in [5, 5.41) is 4.52. The van der Waals surface area contributed by atoms with E-state index in [-0.39, 0.29) is 13.0 Å². The van der Waals surface area contributed by atoms with Gasteiger partial charge >= 0.3 is 12.3 Å². The van der Waals surface area contributed by atoms with Crippen molar-refractivity contribution in [1.82, 2.24) is 10.6 Å². The largest absolute Gasteiger partial charge is 0.452 e. The summed E-state index contributed by atoms with van der Waals surface area (Å²) in [6.45, 7) is 3.18. The molecule has 32 heavy (non-hydrogen) atoms. The van der Waals surface area contributed by atoms with Gasteiger partial charge in [-0.15, -0.1) is 0 Å². The molecule has 2 aromatic carbocycles. The molecule has 0 saturated carbocycles. The number of alkyl halides is 3. The lowest BCUT2D eigenvalue weighted by atomic mass is 9.99. The van der Waals surface area contributed by atoms with E-state index in [9.17, 15) is 27.6 Å².